The van der Waals surface area contributed by atoms with Crippen molar-refractivity contribution < 1.29 is 9.53 Å². The van der Waals surface area contributed by atoms with E-state index in [0.29, 0.717) is 16.3 Å². The number of hydrogen-bond donors (Lipinski definition) is 0. The van der Waals surface area contributed by atoms with Gasteiger partial charge >= 0.3 is 5.97 Å². The van der Waals surface area contributed by atoms with Gasteiger partial charge in [0.05, 0.1) is 15.8 Å². The molecule has 3 heterocycles. The number of para-hydroxylation sites is 1. The summed E-state index contributed by atoms with van der Waals surface area (Å²) < 4.78 is 6.23. The minimum absolute atomic E-state index is 0.183. The van der Waals surface area contributed by atoms with Crippen LogP contribution in [0.2, 0.25) is 0 Å². The summed E-state index contributed by atoms with van der Waals surface area (Å²) in [5.41, 5.74) is 1.79. The van der Waals surface area contributed by atoms with Crippen molar-refractivity contribution in [2.24, 2.45) is 0 Å². The molecule has 5 nitrogen and oxygen atoms in total. The van der Waals surface area contributed by atoms with E-state index in [1.54, 1.807) is 18.3 Å². The van der Waals surface area contributed by atoms with Crippen LogP contribution in [-0.4, -0.2) is 15.9 Å². The molecule has 0 bridgehead atoms. The largest absolute Gasteiger partial charge is 0.419 e. The Morgan fingerprint density at radius 3 is 2.91 bits per heavy atom. The molecule has 3 aromatic rings. The van der Waals surface area contributed by atoms with Crippen molar-refractivity contribution in [3.05, 3.63) is 58.9 Å². The van der Waals surface area contributed by atoms with Crippen molar-refractivity contribution in [2.45, 2.75) is 0 Å². The third-order valence-corrected chi connectivity index (χ3v) is 4.34. The summed E-state index contributed by atoms with van der Waals surface area (Å²) >= 11 is 1.38. The zero-order valence-electron chi connectivity index (χ0n) is 11.1. The number of nitriles is 1. The van der Waals surface area contributed by atoms with Crippen LogP contribution in [0.5, 0.6) is 0 Å². The molecule has 22 heavy (non-hydrogen) atoms. The van der Waals surface area contributed by atoms with Crippen LogP contribution >= 0.6 is 11.3 Å². The molecule has 0 unspecified atom stereocenters. The second kappa shape index (κ2) is 4.76. The predicted molar refractivity (Wildman–Crippen MR) is 81.7 cm³/mol. The van der Waals surface area contributed by atoms with Crippen LogP contribution in [0.4, 0.5) is 0 Å². The summed E-state index contributed by atoms with van der Waals surface area (Å²) in [5.74, 6) is -0.311. The summed E-state index contributed by atoms with van der Waals surface area (Å²) in [7, 11) is 0. The Morgan fingerprint density at radius 2 is 2.09 bits per heavy atom. The second-order valence-corrected chi connectivity index (χ2v) is 5.62. The highest BCUT2D eigenvalue weighted by atomic mass is 32.1. The van der Waals surface area contributed by atoms with Gasteiger partial charge in [-0.15, -0.1) is 11.3 Å². The first-order valence-electron chi connectivity index (χ1n) is 6.46. The number of carbonyl (C=O) groups is 1. The van der Waals surface area contributed by atoms with E-state index in [2.05, 4.69) is 16.0 Å². The highest BCUT2D eigenvalue weighted by molar-refractivity contribution is 7.19. The highest BCUT2D eigenvalue weighted by Crippen LogP contribution is 2.36. The number of hydrogen-bond acceptors (Lipinski definition) is 6. The minimum atomic E-state index is -0.494. The minimum Gasteiger partial charge on any atom is -0.419 e. The van der Waals surface area contributed by atoms with Crippen LogP contribution in [-0.2, 0) is 4.74 Å². The SMILES string of the molecule is N#C/C(=C1\OC(=O)c2cccnc21)c1nc2ccccc2s1. The molecule has 0 aliphatic carbocycles. The molecule has 0 saturated heterocycles. The molecule has 2 aromatic heterocycles. The lowest BCUT2D eigenvalue weighted by Crippen LogP contribution is -1.93. The number of ether oxygens (including phenoxy) is 1. The van der Waals surface area contributed by atoms with Crippen LogP contribution in [0.15, 0.2) is 42.6 Å². The Kier molecular flexibility index (Phi) is 2.74. The van der Waals surface area contributed by atoms with Gasteiger partial charge in [-0.2, -0.15) is 5.26 Å². The predicted octanol–water partition coefficient (Wildman–Crippen LogP) is 3.25. The number of fused-ring (bicyclic) bond motifs is 2. The smallest absolute Gasteiger partial charge is 0.346 e. The van der Waals surface area contributed by atoms with Crippen molar-refractivity contribution in [3.63, 3.8) is 0 Å². The van der Waals surface area contributed by atoms with Crippen molar-refractivity contribution in [2.75, 3.05) is 0 Å². The molecule has 0 radical (unpaired) electrons. The Hall–Kier alpha value is -3.04. The fourth-order valence-corrected chi connectivity index (χ4v) is 3.25. The van der Waals surface area contributed by atoms with Crippen LogP contribution in [0.25, 0.3) is 21.5 Å². The standard InChI is InChI=1S/C16H7N3O2S/c17-8-10(15-19-11-5-1-2-6-12(11)22-15)14-13-9(16(20)21-14)4-3-7-18-13/h1-7H/b14-10+. The van der Waals surface area contributed by atoms with E-state index < -0.39 is 5.97 Å². The molecule has 4 rings (SSSR count). The van der Waals surface area contributed by atoms with E-state index in [1.165, 1.54) is 11.3 Å². The van der Waals surface area contributed by atoms with E-state index in [0.717, 1.165) is 10.2 Å². The van der Waals surface area contributed by atoms with Gasteiger partial charge in [-0.05, 0) is 24.3 Å². The topological polar surface area (TPSA) is 75.9 Å². The van der Waals surface area contributed by atoms with E-state index >= 15 is 0 Å². The Labute approximate surface area is 129 Å². The van der Waals surface area contributed by atoms with Gasteiger partial charge in [0.2, 0.25) is 0 Å². The molecule has 6 heteroatoms. The van der Waals surface area contributed by atoms with Crippen molar-refractivity contribution in [3.8, 4) is 6.07 Å². The number of esters is 1. The number of thiazole rings is 1. The van der Waals surface area contributed by atoms with Gasteiger partial charge in [-0.1, -0.05) is 12.1 Å². The average molecular weight is 305 g/mol. The number of carbonyl (C=O) groups excluding carboxylic acids is 1. The number of nitrogens with zero attached hydrogens (tertiary/aromatic N) is 3. The number of allylic oxidation sites excluding steroid dienone is 1. The van der Waals surface area contributed by atoms with Gasteiger partial charge in [-0.3, -0.25) is 4.98 Å². The van der Waals surface area contributed by atoms with Crippen molar-refractivity contribution >= 4 is 38.9 Å². The zero-order valence-corrected chi connectivity index (χ0v) is 11.9. The normalized spacial score (nSPS) is 15.3. The quantitative estimate of drug-likeness (QED) is 0.509. The zero-order chi connectivity index (χ0) is 15.1. The molecule has 1 aliphatic rings. The van der Waals surface area contributed by atoms with Crippen LogP contribution in [0, 0.1) is 11.3 Å². The Balaban J connectivity index is 1.96. The van der Waals surface area contributed by atoms with Crippen LogP contribution in [0.3, 0.4) is 0 Å². The molecular weight excluding hydrogens is 298 g/mol. The maximum absolute atomic E-state index is 11.9. The lowest BCUT2D eigenvalue weighted by atomic mass is 10.1. The first-order chi connectivity index (χ1) is 10.8. The van der Waals surface area contributed by atoms with E-state index in [4.69, 9.17) is 4.74 Å². The van der Waals surface area contributed by atoms with Gasteiger partial charge < -0.3 is 4.74 Å². The van der Waals surface area contributed by atoms with Gasteiger partial charge in [0.15, 0.2) is 5.76 Å². The number of rotatable bonds is 1. The number of aromatic nitrogens is 2. The van der Waals surface area contributed by atoms with E-state index in [-0.39, 0.29) is 11.3 Å². The second-order valence-electron chi connectivity index (χ2n) is 4.59. The summed E-state index contributed by atoms with van der Waals surface area (Å²) in [6, 6.07) is 13.0. The summed E-state index contributed by atoms with van der Waals surface area (Å²) in [5, 5.41) is 10.0. The molecule has 0 atom stereocenters. The first-order valence-corrected chi connectivity index (χ1v) is 7.27. The Morgan fingerprint density at radius 1 is 1.23 bits per heavy atom. The number of cyclic esters (lactones) is 1. The molecule has 1 aliphatic heterocycles. The molecule has 0 saturated carbocycles. The number of benzene rings is 1. The van der Waals surface area contributed by atoms with Crippen LogP contribution < -0.4 is 0 Å². The molecule has 0 amide bonds. The highest BCUT2D eigenvalue weighted by Gasteiger charge is 2.31. The van der Waals surface area contributed by atoms with Gasteiger partial charge in [-0.25, -0.2) is 9.78 Å². The molecule has 0 N–H and O–H groups in total. The maximum Gasteiger partial charge on any atom is 0.346 e. The molecule has 0 spiro atoms. The lowest BCUT2D eigenvalue weighted by Gasteiger charge is -1.99. The van der Waals surface area contributed by atoms with Gasteiger partial charge in [0, 0.05) is 6.20 Å². The lowest BCUT2D eigenvalue weighted by molar-refractivity contribution is 0.0716. The molecule has 1 aromatic carbocycles. The molecule has 0 fully saturated rings. The van der Waals surface area contributed by atoms with Crippen molar-refractivity contribution in [1.82, 2.24) is 9.97 Å². The molecular formula is C16H7N3O2S. The number of pyridine rings is 1. The van der Waals surface area contributed by atoms with Gasteiger partial charge in [0.25, 0.3) is 0 Å². The summed E-state index contributed by atoms with van der Waals surface area (Å²) in [6.45, 7) is 0. The maximum atomic E-state index is 11.9. The van der Waals surface area contributed by atoms with Crippen molar-refractivity contribution in [1.29, 1.82) is 5.26 Å². The van der Waals surface area contributed by atoms with E-state index in [9.17, 15) is 10.1 Å². The third kappa shape index (κ3) is 1.80. The monoisotopic (exact) mass is 305 g/mol. The van der Waals surface area contributed by atoms with E-state index in [1.807, 2.05) is 24.3 Å². The third-order valence-electron chi connectivity index (χ3n) is 3.28. The molecule has 104 valence electrons. The fourth-order valence-electron chi connectivity index (χ4n) is 2.29. The summed E-state index contributed by atoms with van der Waals surface area (Å²) in [6.07, 6.45) is 1.56. The summed E-state index contributed by atoms with van der Waals surface area (Å²) in [4.78, 5) is 20.5. The Bertz CT molecular complexity index is 965. The first kappa shape index (κ1) is 12.7. The van der Waals surface area contributed by atoms with Gasteiger partial charge in [0.1, 0.15) is 22.3 Å². The fraction of sp³-hybridized carbons (Fsp3) is 0. The van der Waals surface area contributed by atoms with Crippen LogP contribution in [0.1, 0.15) is 21.1 Å². The average Bonchev–Trinajstić information content (AvgIpc) is 3.11.